The van der Waals surface area contributed by atoms with Gasteiger partial charge >= 0.3 is 0 Å². The van der Waals surface area contributed by atoms with E-state index in [0.717, 1.165) is 37.5 Å². The maximum Gasteiger partial charge on any atom is 0.250 e. The fraction of sp³-hybridized carbons (Fsp3) is 0.389. The maximum absolute atomic E-state index is 13.6. The maximum atomic E-state index is 13.6. The first-order valence-electron chi connectivity index (χ1n) is 8.23. The first-order chi connectivity index (χ1) is 12.0. The van der Waals surface area contributed by atoms with Crippen LogP contribution in [0.5, 0.6) is 0 Å². The number of amides is 1. The lowest BCUT2D eigenvalue weighted by molar-refractivity contribution is 0.0364. The average molecular weight is 349 g/mol. The summed E-state index contributed by atoms with van der Waals surface area (Å²) in [6.45, 7) is 6.30. The molecule has 0 bridgehead atoms. The Hall–Kier alpha value is -2.25. The molecule has 1 saturated heterocycles. The summed E-state index contributed by atoms with van der Waals surface area (Å²) in [5.41, 5.74) is 7.73. The predicted octanol–water partition coefficient (Wildman–Crippen LogP) is 2.17. The third-order valence-corrected chi connectivity index (χ3v) is 4.59. The Balaban J connectivity index is 1.93. The molecule has 1 aromatic heterocycles. The van der Waals surface area contributed by atoms with Gasteiger partial charge in [0.15, 0.2) is 11.6 Å². The molecule has 25 heavy (non-hydrogen) atoms. The van der Waals surface area contributed by atoms with Crippen LogP contribution in [0, 0.1) is 18.6 Å². The van der Waals surface area contributed by atoms with Gasteiger partial charge in [-0.3, -0.25) is 9.69 Å². The van der Waals surface area contributed by atoms with Gasteiger partial charge in [0.1, 0.15) is 0 Å². The second kappa shape index (κ2) is 7.33. The number of nitrogens with two attached hydrogens (primary N) is 1. The van der Waals surface area contributed by atoms with Crippen LogP contribution in [0.2, 0.25) is 0 Å². The fourth-order valence-electron chi connectivity index (χ4n) is 3.14. The molecule has 5 nitrogen and oxygen atoms in total. The Bertz CT molecular complexity index is 783. The molecule has 2 heterocycles. The van der Waals surface area contributed by atoms with Gasteiger partial charge in [-0.05, 0) is 31.2 Å². The first-order valence-corrected chi connectivity index (χ1v) is 8.23. The van der Waals surface area contributed by atoms with Crippen LogP contribution in [0.4, 0.5) is 8.78 Å². The number of hydrogen-bond acceptors (Lipinski definition) is 3. The van der Waals surface area contributed by atoms with E-state index in [9.17, 15) is 13.6 Å². The van der Waals surface area contributed by atoms with Crippen molar-refractivity contribution in [3.05, 3.63) is 47.2 Å². The Morgan fingerprint density at radius 1 is 1.16 bits per heavy atom. The normalized spacial score (nSPS) is 15.5. The summed E-state index contributed by atoms with van der Waals surface area (Å²) in [5.74, 6) is -2.36. The van der Waals surface area contributed by atoms with Gasteiger partial charge in [0, 0.05) is 43.1 Å². The number of rotatable bonds is 5. The molecule has 1 aliphatic heterocycles. The van der Waals surface area contributed by atoms with Crippen LogP contribution >= 0.6 is 0 Å². The lowest BCUT2D eigenvalue weighted by Crippen LogP contribution is -2.38. The molecule has 1 aromatic carbocycles. The minimum absolute atomic E-state index is 0.390. The van der Waals surface area contributed by atoms with Crippen molar-refractivity contribution >= 4 is 5.91 Å². The summed E-state index contributed by atoms with van der Waals surface area (Å²) >= 11 is 0. The number of nitrogens with zero attached hydrogens (tertiary/aromatic N) is 2. The summed E-state index contributed by atoms with van der Waals surface area (Å²) < 4.78 is 34.2. The number of halogens is 2. The van der Waals surface area contributed by atoms with Crippen molar-refractivity contribution < 1.29 is 18.3 Å². The number of primary amides is 1. The van der Waals surface area contributed by atoms with Gasteiger partial charge < -0.3 is 15.0 Å². The Labute approximate surface area is 145 Å². The standard InChI is InChI=1S/C18H21F2N3O2/c1-12-14(18(21)24)11-17(13-2-3-15(19)16(20)10-13)23(12)5-4-22-6-8-25-9-7-22/h2-3,10-11H,4-9H2,1H3,(H2,21,24). The van der Waals surface area contributed by atoms with Crippen molar-refractivity contribution in [2.75, 3.05) is 32.8 Å². The van der Waals surface area contributed by atoms with Crippen LogP contribution in [0.1, 0.15) is 16.1 Å². The number of carbonyl (C=O) groups excluding carboxylic acids is 1. The largest absolute Gasteiger partial charge is 0.379 e. The van der Waals surface area contributed by atoms with Gasteiger partial charge in [0.05, 0.1) is 18.8 Å². The molecule has 0 atom stereocenters. The predicted molar refractivity (Wildman–Crippen MR) is 90.3 cm³/mol. The highest BCUT2D eigenvalue weighted by Crippen LogP contribution is 2.27. The number of hydrogen-bond donors (Lipinski definition) is 1. The minimum atomic E-state index is -0.920. The van der Waals surface area contributed by atoms with Crippen molar-refractivity contribution in [2.24, 2.45) is 5.73 Å². The zero-order valence-corrected chi connectivity index (χ0v) is 14.1. The van der Waals surface area contributed by atoms with Crippen LogP contribution in [-0.4, -0.2) is 48.2 Å². The number of morpholine rings is 1. The van der Waals surface area contributed by atoms with E-state index in [1.165, 1.54) is 6.07 Å². The number of carbonyl (C=O) groups is 1. The van der Waals surface area contributed by atoms with E-state index < -0.39 is 17.5 Å². The van der Waals surface area contributed by atoms with Gasteiger partial charge in [-0.25, -0.2) is 8.78 Å². The minimum Gasteiger partial charge on any atom is -0.379 e. The van der Waals surface area contributed by atoms with Gasteiger partial charge in [-0.15, -0.1) is 0 Å². The van der Waals surface area contributed by atoms with Gasteiger partial charge in [0.25, 0.3) is 5.91 Å². The summed E-state index contributed by atoms with van der Waals surface area (Å²) in [5, 5.41) is 0. The second-order valence-electron chi connectivity index (χ2n) is 6.13. The summed E-state index contributed by atoms with van der Waals surface area (Å²) in [6.07, 6.45) is 0. The van der Waals surface area contributed by atoms with Crippen LogP contribution < -0.4 is 5.73 Å². The van der Waals surface area contributed by atoms with E-state index in [4.69, 9.17) is 10.5 Å². The Morgan fingerprint density at radius 3 is 2.52 bits per heavy atom. The Morgan fingerprint density at radius 2 is 1.88 bits per heavy atom. The number of ether oxygens (including phenoxy) is 1. The molecule has 0 aliphatic carbocycles. The molecule has 1 fully saturated rings. The molecule has 7 heteroatoms. The van der Waals surface area contributed by atoms with Gasteiger partial charge in [-0.2, -0.15) is 0 Å². The van der Waals surface area contributed by atoms with Gasteiger partial charge in [0.2, 0.25) is 0 Å². The van der Waals surface area contributed by atoms with Gasteiger partial charge in [-0.1, -0.05) is 0 Å². The number of benzene rings is 1. The molecular weight excluding hydrogens is 328 g/mol. The van der Waals surface area contributed by atoms with E-state index in [1.807, 2.05) is 11.5 Å². The van der Waals surface area contributed by atoms with E-state index >= 15 is 0 Å². The fourth-order valence-corrected chi connectivity index (χ4v) is 3.14. The summed E-state index contributed by atoms with van der Waals surface area (Å²) in [7, 11) is 0. The van der Waals surface area contributed by atoms with Crippen molar-refractivity contribution in [1.29, 1.82) is 0 Å². The quantitative estimate of drug-likeness (QED) is 0.900. The van der Waals surface area contributed by atoms with Crippen molar-refractivity contribution in [1.82, 2.24) is 9.47 Å². The zero-order chi connectivity index (χ0) is 18.0. The lowest BCUT2D eigenvalue weighted by Gasteiger charge is -2.27. The van der Waals surface area contributed by atoms with Crippen LogP contribution in [-0.2, 0) is 11.3 Å². The monoisotopic (exact) mass is 349 g/mol. The lowest BCUT2D eigenvalue weighted by atomic mass is 10.1. The second-order valence-corrected chi connectivity index (χ2v) is 6.13. The molecule has 1 aliphatic rings. The topological polar surface area (TPSA) is 60.5 Å². The zero-order valence-electron chi connectivity index (χ0n) is 14.1. The number of aromatic nitrogens is 1. The van der Waals surface area contributed by atoms with E-state index in [-0.39, 0.29) is 0 Å². The van der Waals surface area contributed by atoms with E-state index in [0.29, 0.717) is 36.6 Å². The van der Waals surface area contributed by atoms with Crippen molar-refractivity contribution in [2.45, 2.75) is 13.5 Å². The van der Waals surface area contributed by atoms with Crippen molar-refractivity contribution in [3.8, 4) is 11.3 Å². The third kappa shape index (κ3) is 3.72. The van der Waals surface area contributed by atoms with Crippen LogP contribution in [0.3, 0.4) is 0 Å². The molecule has 134 valence electrons. The molecule has 0 saturated carbocycles. The highest BCUT2D eigenvalue weighted by molar-refractivity contribution is 5.95. The summed E-state index contributed by atoms with van der Waals surface area (Å²) in [4.78, 5) is 14.0. The molecule has 3 rings (SSSR count). The molecule has 0 radical (unpaired) electrons. The first kappa shape index (κ1) is 17.6. The third-order valence-electron chi connectivity index (χ3n) is 4.59. The van der Waals surface area contributed by atoms with Crippen molar-refractivity contribution in [3.63, 3.8) is 0 Å². The molecule has 0 unspecified atom stereocenters. The molecule has 1 amide bonds. The molecule has 2 N–H and O–H groups in total. The average Bonchev–Trinajstić information content (AvgIpc) is 2.93. The Kier molecular flexibility index (Phi) is 5.15. The van der Waals surface area contributed by atoms with E-state index in [1.54, 1.807) is 6.07 Å². The molecule has 2 aromatic rings. The van der Waals surface area contributed by atoms with Crippen LogP contribution in [0.25, 0.3) is 11.3 Å². The highest BCUT2D eigenvalue weighted by atomic mass is 19.2. The molecule has 0 spiro atoms. The highest BCUT2D eigenvalue weighted by Gasteiger charge is 2.19. The summed E-state index contributed by atoms with van der Waals surface area (Å²) in [6, 6.07) is 5.37. The molecular formula is C18H21F2N3O2. The van der Waals surface area contributed by atoms with E-state index in [2.05, 4.69) is 4.90 Å². The smallest absolute Gasteiger partial charge is 0.250 e. The SMILES string of the molecule is Cc1c(C(N)=O)cc(-c2ccc(F)c(F)c2)n1CCN1CCOCC1. The van der Waals surface area contributed by atoms with Crippen LogP contribution in [0.15, 0.2) is 24.3 Å².